The number of nitrogens with zero attached hydrogens (tertiary/aromatic N) is 3. The third-order valence-electron chi connectivity index (χ3n) is 5.41. The summed E-state index contributed by atoms with van der Waals surface area (Å²) in [7, 11) is 0. The molecule has 188 valence electrons. The third-order valence-corrected chi connectivity index (χ3v) is 5.41. The van der Waals surface area contributed by atoms with Gasteiger partial charge in [0.1, 0.15) is 5.60 Å². The van der Waals surface area contributed by atoms with Crippen LogP contribution in [0.4, 0.5) is 4.79 Å². The minimum Gasteiger partial charge on any atom is -0.444 e. The number of β-amino-alcohol motifs (C(OH)–C–C–N with tert-alkyl or cyclic N) is 1. The quantitative estimate of drug-likeness (QED) is 0.245. The molecule has 0 bridgehead atoms. The Bertz CT molecular complexity index is 583. The molecule has 10 heteroatoms. The van der Waals surface area contributed by atoms with Crippen molar-refractivity contribution in [1.29, 1.82) is 0 Å². The SMILES string of the molecule is CCNC(=NCC(C)(O)CN1CCOCC1)NCC1CCN(C(=O)OC(C)(C)C)CC1.I. The molecule has 3 N–H and O–H groups in total. The summed E-state index contributed by atoms with van der Waals surface area (Å²) in [6.45, 7) is 16.6. The molecular formula is C22H44IN5O4. The van der Waals surface area contributed by atoms with Crippen molar-refractivity contribution < 1.29 is 19.4 Å². The molecule has 32 heavy (non-hydrogen) atoms. The minimum absolute atomic E-state index is 0. The van der Waals surface area contributed by atoms with Crippen LogP contribution in [0.15, 0.2) is 4.99 Å². The van der Waals surface area contributed by atoms with E-state index < -0.39 is 11.2 Å². The maximum atomic E-state index is 12.2. The molecule has 0 radical (unpaired) electrons. The lowest BCUT2D eigenvalue weighted by Crippen LogP contribution is -2.48. The van der Waals surface area contributed by atoms with Crippen molar-refractivity contribution in [2.75, 3.05) is 65.6 Å². The van der Waals surface area contributed by atoms with Gasteiger partial charge in [-0.1, -0.05) is 0 Å². The average molecular weight is 570 g/mol. The number of guanidine groups is 1. The molecule has 1 amide bonds. The van der Waals surface area contributed by atoms with Gasteiger partial charge in [-0.3, -0.25) is 9.89 Å². The van der Waals surface area contributed by atoms with Gasteiger partial charge in [-0.2, -0.15) is 0 Å². The van der Waals surface area contributed by atoms with E-state index in [-0.39, 0.29) is 30.1 Å². The van der Waals surface area contributed by atoms with Gasteiger partial charge >= 0.3 is 6.09 Å². The van der Waals surface area contributed by atoms with Gasteiger partial charge in [0.25, 0.3) is 0 Å². The number of carbonyl (C=O) groups is 1. The van der Waals surface area contributed by atoms with Gasteiger partial charge in [-0.25, -0.2) is 4.79 Å². The standard InChI is InChI=1S/C22H43N5O4.HI/c1-6-23-19(25-16-22(5,29)17-26-11-13-30-14-12-26)24-15-18-7-9-27(10-8-18)20(28)31-21(2,3)4;/h18,29H,6-17H2,1-5H3,(H2,23,24,25);1H. The number of carbonyl (C=O) groups excluding carboxylic acids is 1. The number of amides is 1. The maximum Gasteiger partial charge on any atom is 0.410 e. The summed E-state index contributed by atoms with van der Waals surface area (Å²) < 4.78 is 10.8. The molecular weight excluding hydrogens is 525 g/mol. The number of likely N-dealkylation sites (tertiary alicyclic amines) is 1. The predicted molar refractivity (Wildman–Crippen MR) is 138 cm³/mol. The number of hydrogen-bond acceptors (Lipinski definition) is 6. The van der Waals surface area contributed by atoms with Crippen molar-refractivity contribution in [3.63, 3.8) is 0 Å². The first-order chi connectivity index (χ1) is 14.6. The number of rotatable bonds is 7. The van der Waals surface area contributed by atoms with Crippen LogP contribution in [0.25, 0.3) is 0 Å². The van der Waals surface area contributed by atoms with Crippen LogP contribution < -0.4 is 10.6 Å². The lowest BCUT2D eigenvalue weighted by atomic mass is 9.97. The third kappa shape index (κ3) is 11.3. The van der Waals surface area contributed by atoms with Crippen LogP contribution in [-0.2, 0) is 9.47 Å². The van der Waals surface area contributed by atoms with Gasteiger partial charge < -0.3 is 30.1 Å². The molecule has 0 aromatic heterocycles. The molecule has 2 fully saturated rings. The molecule has 1 unspecified atom stereocenters. The molecule has 0 spiro atoms. The number of morpholine rings is 1. The highest BCUT2D eigenvalue weighted by atomic mass is 127. The summed E-state index contributed by atoms with van der Waals surface area (Å²) in [6.07, 6.45) is 1.64. The molecule has 9 nitrogen and oxygen atoms in total. The molecule has 0 aromatic carbocycles. The second-order valence-electron chi connectivity index (χ2n) is 9.87. The molecule has 2 rings (SSSR count). The number of nitrogens with one attached hydrogen (secondary N) is 2. The predicted octanol–water partition coefficient (Wildman–Crippen LogP) is 1.89. The van der Waals surface area contributed by atoms with Gasteiger partial charge in [-0.15, -0.1) is 24.0 Å². The van der Waals surface area contributed by atoms with Crippen molar-refractivity contribution in [3.8, 4) is 0 Å². The van der Waals surface area contributed by atoms with E-state index in [2.05, 4.69) is 20.5 Å². The molecule has 0 aromatic rings. The van der Waals surface area contributed by atoms with Crippen LogP contribution in [0.2, 0.25) is 0 Å². The van der Waals surface area contributed by atoms with Crippen molar-refractivity contribution in [2.24, 2.45) is 10.9 Å². The van der Waals surface area contributed by atoms with Crippen LogP contribution in [0, 0.1) is 5.92 Å². The Morgan fingerprint density at radius 1 is 1.12 bits per heavy atom. The fraction of sp³-hybridized carbons (Fsp3) is 0.909. The fourth-order valence-electron chi connectivity index (χ4n) is 3.77. The van der Waals surface area contributed by atoms with Gasteiger partial charge in [-0.05, 0) is 53.4 Å². The van der Waals surface area contributed by atoms with Crippen LogP contribution in [0.3, 0.4) is 0 Å². The number of aliphatic hydroxyl groups is 1. The molecule has 2 aliphatic heterocycles. The normalized spacial score (nSPS) is 20.8. The minimum atomic E-state index is -0.890. The van der Waals surface area contributed by atoms with Crippen molar-refractivity contribution in [1.82, 2.24) is 20.4 Å². The van der Waals surface area contributed by atoms with E-state index in [1.54, 1.807) is 4.90 Å². The highest BCUT2D eigenvalue weighted by Crippen LogP contribution is 2.19. The van der Waals surface area contributed by atoms with Gasteiger partial charge in [0.2, 0.25) is 0 Å². The van der Waals surface area contributed by atoms with Crippen molar-refractivity contribution in [3.05, 3.63) is 0 Å². The number of hydrogen-bond donors (Lipinski definition) is 3. The Hall–Kier alpha value is -0.850. The zero-order valence-electron chi connectivity index (χ0n) is 20.5. The number of halogens is 1. The summed E-state index contributed by atoms with van der Waals surface area (Å²) in [4.78, 5) is 20.9. The second-order valence-corrected chi connectivity index (χ2v) is 9.87. The number of aliphatic imine (C=N–C) groups is 1. The Kier molecular flexibility index (Phi) is 12.5. The molecule has 1 atom stereocenters. The smallest absolute Gasteiger partial charge is 0.410 e. The number of ether oxygens (including phenoxy) is 2. The van der Waals surface area contributed by atoms with Gasteiger partial charge in [0.05, 0.1) is 25.4 Å². The van der Waals surface area contributed by atoms with Crippen LogP contribution in [0.1, 0.15) is 47.5 Å². The first kappa shape index (κ1) is 29.2. The molecule has 2 aliphatic rings. The highest BCUT2D eigenvalue weighted by Gasteiger charge is 2.27. The van der Waals surface area contributed by atoms with E-state index in [0.29, 0.717) is 32.1 Å². The van der Waals surface area contributed by atoms with Gasteiger partial charge in [0.15, 0.2) is 5.96 Å². The Morgan fingerprint density at radius 2 is 1.75 bits per heavy atom. The largest absolute Gasteiger partial charge is 0.444 e. The Morgan fingerprint density at radius 3 is 2.31 bits per heavy atom. The zero-order chi connectivity index (χ0) is 22.9. The lowest BCUT2D eigenvalue weighted by Gasteiger charge is -2.34. The molecule has 2 saturated heterocycles. The Balaban J connectivity index is 0.00000512. The zero-order valence-corrected chi connectivity index (χ0v) is 22.8. The van der Waals surface area contributed by atoms with Crippen LogP contribution >= 0.6 is 24.0 Å². The lowest BCUT2D eigenvalue weighted by molar-refractivity contribution is -0.0180. The summed E-state index contributed by atoms with van der Waals surface area (Å²) in [5.41, 5.74) is -1.35. The van der Waals surface area contributed by atoms with Gasteiger partial charge in [0, 0.05) is 45.8 Å². The summed E-state index contributed by atoms with van der Waals surface area (Å²) in [5, 5.41) is 17.4. The summed E-state index contributed by atoms with van der Waals surface area (Å²) in [6, 6.07) is 0. The number of piperidine rings is 1. The topological polar surface area (TPSA) is 98.7 Å². The summed E-state index contributed by atoms with van der Waals surface area (Å²) in [5.74, 6) is 1.19. The summed E-state index contributed by atoms with van der Waals surface area (Å²) >= 11 is 0. The fourth-order valence-corrected chi connectivity index (χ4v) is 3.77. The molecule has 0 saturated carbocycles. The average Bonchev–Trinajstić information content (AvgIpc) is 2.69. The first-order valence-corrected chi connectivity index (χ1v) is 11.6. The molecule has 0 aliphatic carbocycles. The van der Waals surface area contributed by atoms with E-state index in [0.717, 1.165) is 58.2 Å². The van der Waals surface area contributed by atoms with Crippen molar-refractivity contribution in [2.45, 2.75) is 58.7 Å². The first-order valence-electron chi connectivity index (χ1n) is 11.6. The van der Waals surface area contributed by atoms with E-state index in [1.807, 2.05) is 34.6 Å². The van der Waals surface area contributed by atoms with Crippen LogP contribution in [-0.4, -0.2) is 104 Å². The van der Waals surface area contributed by atoms with E-state index in [1.165, 1.54) is 0 Å². The van der Waals surface area contributed by atoms with E-state index in [9.17, 15) is 9.90 Å². The van der Waals surface area contributed by atoms with E-state index in [4.69, 9.17) is 9.47 Å². The highest BCUT2D eigenvalue weighted by molar-refractivity contribution is 14.0. The second kappa shape index (κ2) is 13.8. The maximum absolute atomic E-state index is 12.2. The van der Waals surface area contributed by atoms with Crippen molar-refractivity contribution >= 4 is 36.0 Å². The molecule has 2 heterocycles. The van der Waals surface area contributed by atoms with E-state index >= 15 is 0 Å². The Labute approximate surface area is 210 Å². The monoisotopic (exact) mass is 569 g/mol. The van der Waals surface area contributed by atoms with Crippen LogP contribution in [0.5, 0.6) is 0 Å².